The number of ether oxygens (including phenoxy) is 3. The highest BCUT2D eigenvalue weighted by Gasteiger charge is 2.31. The zero-order valence-electron chi connectivity index (χ0n) is 20.9. The molecule has 0 radical (unpaired) electrons. The first-order valence-corrected chi connectivity index (χ1v) is 13.6. The average molecular weight is 542 g/mol. The van der Waals surface area contributed by atoms with Gasteiger partial charge in [0.05, 0.1) is 17.7 Å². The number of fused-ring (bicyclic) bond motifs is 1. The van der Waals surface area contributed by atoms with Crippen LogP contribution >= 0.6 is 0 Å². The molecule has 0 atom stereocenters. The first kappa shape index (κ1) is 25.7. The van der Waals surface area contributed by atoms with E-state index in [0.717, 1.165) is 21.8 Å². The third kappa shape index (κ3) is 5.33. The van der Waals surface area contributed by atoms with E-state index in [1.807, 2.05) is 24.3 Å². The van der Waals surface area contributed by atoms with E-state index >= 15 is 0 Å². The lowest BCUT2D eigenvalue weighted by molar-refractivity contribution is -0.129. The van der Waals surface area contributed by atoms with Crippen molar-refractivity contribution >= 4 is 27.3 Å². The molecule has 1 fully saturated rings. The largest absolute Gasteiger partial charge is 0.497 e. The highest BCUT2D eigenvalue weighted by molar-refractivity contribution is 7.92. The van der Waals surface area contributed by atoms with Crippen molar-refractivity contribution in [1.29, 1.82) is 0 Å². The summed E-state index contributed by atoms with van der Waals surface area (Å²) >= 11 is 0. The Morgan fingerprint density at radius 1 is 0.947 bits per heavy atom. The number of methoxy groups -OCH3 is 1. The number of hydrogen-bond acceptors (Lipinski definition) is 7. The molecule has 11 heteroatoms. The van der Waals surface area contributed by atoms with Crippen molar-refractivity contribution in [2.45, 2.75) is 4.90 Å². The molecule has 0 spiro atoms. The molecular formula is C27H28FN3O6S. The first-order valence-electron chi connectivity index (χ1n) is 12.2. The number of rotatable bonds is 7. The van der Waals surface area contributed by atoms with Crippen LogP contribution in [0.25, 0.3) is 0 Å². The number of carbonyl (C=O) groups is 1. The zero-order chi connectivity index (χ0) is 26.7. The third-order valence-electron chi connectivity index (χ3n) is 6.55. The lowest BCUT2D eigenvalue weighted by Gasteiger charge is -2.37. The molecule has 9 nitrogen and oxygen atoms in total. The Hall–Kier alpha value is -3.99. The molecule has 0 saturated carbocycles. The van der Waals surface area contributed by atoms with Crippen LogP contribution in [0.4, 0.5) is 15.8 Å². The summed E-state index contributed by atoms with van der Waals surface area (Å²) in [7, 11) is -2.63. The summed E-state index contributed by atoms with van der Waals surface area (Å²) in [5.41, 5.74) is 1.07. The van der Waals surface area contributed by atoms with Crippen molar-refractivity contribution in [3.63, 3.8) is 0 Å². The Morgan fingerprint density at radius 2 is 1.66 bits per heavy atom. The summed E-state index contributed by atoms with van der Waals surface area (Å²) in [5, 5.41) is 0. The molecule has 2 aliphatic rings. The second-order valence-corrected chi connectivity index (χ2v) is 10.7. The number of nitrogens with zero attached hydrogens (tertiary/aromatic N) is 3. The van der Waals surface area contributed by atoms with Gasteiger partial charge in [-0.25, -0.2) is 12.8 Å². The Morgan fingerprint density at radius 3 is 2.34 bits per heavy atom. The highest BCUT2D eigenvalue weighted by atomic mass is 32.2. The number of amides is 1. The monoisotopic (exact) mass is 541 g/mol. The topological polar surface area (TPSA) is 88.6 Å². The second kappa shape index (κ2) is 10.8. The van der Waals surface area contributed by atoms with Gasteiger partial charge in [-0.3, -0.25) is 9.10 Å². The molecule has 0 N–H and O–H groups in total. The van der Waals surface area contributed by atoms with Gasteiger partial charge in [0.25, 0.3) is 10.0 Å². The van der Waals surface area contributed by atoms with Gasteiger partial charge >= 0.3 is 0 Å². The maximum absolute atomic E-state index is 14.1. The number of piperazine rings is 1. The number of hydrogen-bond donors (Lipinski definition) is 0. The van der Waals surface area contributed by atoms with Crippen LogP contribution in [0, 0.1) is 5.82 Å². The van der Waals surface area contributed by atoms with Gasteiger partial charge in [-0.1, -0.05) is 6.07 Å². The van der Waals surface area contributed by atoms with Gasteiger partial charge in [-0.2, -0.15) is 0 Å². The summed E-state index contributed by atoms with van der Waals surface area (Å²) in [5.74, 6) is 0.533. The molecule has 0 aromatic heterocycles. The van der Waals surface area contributed by atoms with E-state index in [2.05, 4.69) is 4.90 Å². The minimum atomic E-state index is -4.24. The van der Waals surface area contributed by atoms with Gasteiger partial charge in [-0.05, 0) is 54.6 Å². The standard InChI is InChI=1S/C27H28FN3O6S/c1-35-23-7-5-21(6-8-23)29-11-13-30(14-12-29)27(32)19-31(22-4-2-3-20(28)17-22)38(33,34)24-9-10-25-26(18-24)37-16-15-36-25/h2-10,17-18H,11-16,19H2,1H3. The van der Waals surface area contributed by atoms with Crippen molar-refractivity contribution < 1.29 is 31.8 Å². The van der Waals surface area contributed by atoms with Gasteiger partial charge in [0.1, 0.15) is 31.3 Å². The highest BCUT2D eigenvalue weighted by Crippen LogP contribution is 2.34. The number of anilines is 2. The van der Waals surface area contributed by atoms with Crippen molar-refractivity contribution in [2.24, 2.45) is 0 Å². The van der Waals surface area contributed by atoms with E-state index in [9.17, 15) is 17.6 Å². The van der Waals surface area contributed by atoms with Crippen molar-refractivity contribution in [2.75, 3.05) is 62.3 Å². The molecule has 3 aromatic rings. The van der Waals surface area contributed by atoms with Crippen LogP contribution in [0.1, 0.15) is 0 Å². The van der Waals surface area contributed by atoms with Gasteiger partial charge < -0.3 is 24.0 Å². The molecule has 0 aliphatic carbocycles. The Labute approximate surface area is 221 Å². The Balaban J connectivity index is 1.35. The normalized spacial score (nSPS) is 15.2. The quantitative estimate of drug-likeness (QED) is 0.454. The van der Waals surface area contributed by atoms with Gasteiger partial charge in [0, 0.05) is 37.9 Å². The van der Waals surface area contributed by atoms with Crippen LogP contribution in [-0.4, -0.2) is 72.3 Å². The Kier molecular flexibility index (Phi) is 7.28. The minimum absolute atomic E-state index is 0.0603. The van der Waals surface area contributed by atoms with Crippen molar-refractivity contribution in [3.8, 4) is 17.2 Å². The molecule has 200 valence electrons. The number of halogens is 1. The maximum atomic E-state index is 14.1. The van der Waals surface area contributed by atoms with Crippen LogP contribution in [-0.2, 0) is 14.8 Å². The fraction of sp³-hybridized carbons (Fsp3) is 0.296. The molecule has 38 heavy (non-hydrogen) atoms. The van der Waals surface area contributed by atoms with Crippen LogP contribution in [0.3, 0.4) is 0 Å². The van der Waals surface area contributed by atoms with E-state index in [1.165, 1.54) is 36.4 Å². The molecule has 1 amide bonds. The molecule has 1 saturated heterocycles. The van der Waals surface area contributed by atoms with Crippen molar-refractivity contribution in [1.82, 2.24) is 4.90 Å². The average Bonchev–Trinajstić information content (AvgIpc) is 2.95. The van der Waals surface area contributed by atoms with Crippen molar-refractivity contribution in [3.05, 3.63) is 72.5 Å². The van der Waals surface area contributed by atoms with Crippen LogP contribution in [0.15, 0.2) is 71.6 Å². The van der Waals surface area contributed by atoms with Gasteiger partial charge in [0.15, 0.2) is 11.5 Å². The summed E-state index contributed by atoms with van der Waals surface area (Å²) in [6.07, 6.45) is 0. The summed E-state index contributed by atoms with van der Waals surface area (Å²) in [4.78, 5) is 17.1. The summed E-state index contributed by atoms with van der Waals surface area (Å²) in [6.45, 7) is 2.22. The van der Waals surface area contributed by atoms with E-state index in [4.69, 9.17) is 14.2 Å². The molecule has 2 aliphatic heterocycles. The fourth-order valence-electron chi connectivity index (χ4n) is 4.49. The minimum Gasteiger partial charge on any atom is -0.497 e. The molecule has 2 heterocycles. The zero-order valence-corrected chi connectivity index (χ0v) is 21.7. The van der Waals surface area contributed by atoms with Crippen LogP contribution < -0.4 is 23.4 Å². The van der Waals surface area contributed by atoms with Crippen LogP contribution in [0.5, 0.6) is 17.2 Å². The first-order chi connectivity index (χ1) is 18.3. The van der Waals surface area contributed by atoms with E-state index in [0.29, 0.717) is 50.9 Å². The molecular weight excluding hydrogens is 513 g/mol. The second-order valence-electron chi connectivity index (χ2n) is 8.86. The molecule has 5 rings (SSSR count). The predicted molar refractivity (Wildman–Crippen MR) is 140 cm³/mol. The lowest BCUT2D eigenvalue weighted by Crippen LogP contribution is -2.52. The fourth-order valence-corrected chi connectivity index (χ4v) is 5.91. The van der Waals surface area contributed by atoms with E-state index in [-0.39, 0.29) is 16.5 Å². The summed E-state index contributed by atoms with van der Waals surface area (Å²) < 4.78 is 58.8. The molecule has 0 unspecified atom stereocenters. The van der Waals surface area contributed by atoms with Crippen LogP contribution in [0.2, 0.25) is 0 Å². The summed E-state index contributed by atoms with van der Waals surface area (Å²) in [6, 6.07) is 17.2. The lowest BCUT2D eigenvalue weighted by atomic mass is 10.2. The number of benzene rings is 3. The Bertz CT molecular complexity index is 1410. The maximum Gasteiger partial charge on any atom is 0.264 e. The predicted octanol–water partition coefficient (Wildman–Crippen LogP) is 3.15. The SMILES string of the molecule is COc1ccc(N2CCN(C(=O)CN(c3cccc(F)c3)S(=O)(=O)c3ccc4c(c3)OCCO4)CC2)cc1. The van der Waals surface area contributed by atoms with Gasteiger partial charge in [0.2, 0.25) is 5.91 Å². The third-order valence-corrected chi connectivity index (χ3v) is 8.32. The van der Waals surface area contributed by atoms with E-state index < -0.39 is 22.4 Å². The number of sulfonamides is 1. The van der Waals surface area contributed by atoms with E-state index in [1.54, 1.807) is 12.0 Å². The number of carbonyl (C=O) groups excluding carboxylic acids is 1. The smallest absolute Gasteiger partial charge is 0.264 e. The molecule has 3 aromatic carbocycles. The molecule has 0 bridgehead atoms. The van der Waals surface area contributed by atoms with Gasteiger partial charge in [-0.15, -0.1) is 0 Å².